The fraction of sp³-hybridized carbons (Fsp3) is 0.235. The Hall–Kier alpha value is -2.09. The number of hydrogen-bond donors (Lipinski definition) is 1. The summed E-state index contributed by atoms with van der Waals surface area (Å²) in [6.45, 7) is 1.03. The van der Waals surface area contributed by atoms with E-state index in [0.717, 1.165) is 11.3 Å². The molecule has 0 saturated heterocycles. The van der Waals surface area contributed by atoms with Crippen molar-refractivity contribution in [2.24, 2.45) is 5.73 Å². The van der Waals surface area contributed by atoms with E-state index in [-0.39, 0.29) is 5.91 Å². The summed E-state index contributed by atoms with van der Waals surface area (Å²) in [5, 5.41) is 1.85. The lowest BCUT2D eigenvalue weighted by atomic mass is 10.1. The van der Waals surface area contributed by atoms with Crippen LogP contribution >= 0.6 is 11.3 Å². The van der Waals surface area contributed by atoms with Crippen LogP contribution < -0.4 is 5.73 Å². The van der Waals surface area contributed by atoms with Crippen molar-refractivity contribution in [1.82, 2.24) is 4.90 Å². The molecule has 0 aliphatic rings. The first-order chi connectivity index (χ1) is 10.2. The molecule has 0 aliphatic carbocycles. The average Bonchev–Trinajstić information content (AvgIpc) is 2.99. The van der Waals surface area contributed by atoms with E-state index in [4.69, 9.17) is 5.73 Å². The molecule has 1 aromatic heterocycles. The summed E-state index contributed by atoms with van der Waals surface area (Å²) in [6.07, 6.45) is 0.854. The molecule has 1 aromatic carbocycles. The zero-order valence-corrected chi connectivity index (χ0v) is 12.8. The van der Waals surface area contributed by atoms with Gasteiger partial charge in [0.2, 0.25) is 0 Å². The maximum absolute atomic E-state index is 12.3. The third-order valence-corrected chi connectivity index (χ3v) is 3.93. The van der Waals surface area contributed by atoms with Gasteiger partial charge >= 0.3 is 0 Å². The number of nitrogens with zero attached hydrogens (tertiary/aromatic N) is 1. The predicted molar refractivity (Wildman–Crippen MR) is 87.4 cm³/mol. The van der Waals surface area contributed by atoms with Crippen molar-refractivity contribution in [1.29, 1.82) is 0 Å². The first-order valence-corrected chi connectivity index (χ1v) is 7.65. The molecule has 21 heavy (non-hydrogen) atoms. The molecule has 0 bridgehead atoms. The molecule has 1 amide bonds. The first kappa shape index (κ1) is 15.3. The Labute approximate surface area is 129 Å². The van der Waals surface area contributed by atoms with Gasteiger partial charge < -0.3 is 10.6 Å². The van der Waals surface area contributed by atoms with E-state index in [1.807, 2.05) is 36.7 Å². The van der Waals surface area contributed by atoms with Gasteiger partial charge in [-0.15, -0.1) is 11.3 Å². The Morgan fingerprint density at radius 2 is 2.10 bits per heavy atom. The average molecular weight is 298 g/mol. The second-order valence-electron chi connectivity index (χ2n) is 4.67. The lowest BCUT2D eigenvalue weighted by Gasteiger charge is -2.16. The van der Waals surface area contributed by atoms with Crippen molar-refractivity contribution in [2.75, 3.05) is 20.1 Å². The van der Waals surface area contributed by atoms with Gasteiger partial charge in [-0.05, 0) is 18.1 Å². The van der Waals surface area contributed by atoms with E-state index in [1.165, 1.54) is 16.9 Å². The second-order valence-corrected chi connectivity index (χ2v) is 5.58. The molecule has 4 heteroatoms. The Morgan fingerprint density at radius 3 is 2.81 bits per heavy atom. The summed E-state index contributed by atoms with van der Waals surface area (Å²) in [5.74, 6) is 5.78. The smallest absolute Gasteiger partial charge is 0.254 e. The number of carbonyl (C=O) groups excluding carboxylic acids is 1. The summed E-state index contributed by atoms with van der Waals surface area (Å²) in [6, 6.07) is 12.0. The predicted octanol–water partition coefficient (Wildman–Crippen LogP) is 2.37. The Kier molecular flexibility index (Phi) is 5.56. The third-order valence-electron chi connectivity index (χ3n) is 3.09. The Morgan fingerprint density at radius 1 is 1.33 bits per heavy atom. The van der Waals surface area contributed by atoms with Gasteiger partial charge in [0.25, 0.3) is 5.91 Å². The highest BCUT2D eigenvalue weighted by Crippen LogP contribution is 2.15. The van der Waals surface area contributed by atoms with E-state index in [1.54, 1.807) is 4.90 Å². The van der Waals surface area contributed by atoms with Crippen LogP contribution in [0.15, 0.2) is 41.8 Å². The van der Waals surface area contributed by atoms with Crippen LogP contribution in [-0.2, 0) is 6.42 Å². The van der Waals surface area contributed by atoms with E-state index >= 15 is 0 Å². The van der Waals surface area contributed by atoms with Gasteiger partial charge in [-0.1, -0.05) is 42.2 Å². The van der Waals surface area contributed by atoms with Gasteiger partial charge in [0.15, 0.2) is 0 Å². The zero-order chi connectivity index (χ0) is 15.1. The van der Waals surface area contributed by atoms with Crippen LogP contribution in [-0.4, -0.2) is 30.9 Å². The molecule has 0 saturated carbocycles. The van der Waals surface area contributed by atoms with Crippen LogP contribution in [0.25, 0.3) is 0 Å². The van der Waals surface area contributed by atoms with Crippen LogP contribution in [0.2, 0.25) is 0 Å². The van der Waals surface area contributed by atoms with Gasteiger partial charge in [0.1, 0.15) is 0 Å². The standard InChI is InChI=1S/C17H18N2OS/c1-19(11-9-14-6-3-2-4-7-14)17(20)15-12-16(21-13-15)8-5-10-18/h2-4,6-7,12-13H,9-11,18H2,1H3. The summed E-state index contributed by atoms with van der Waals surface area (Å²) in [5.41, 5.74) is 7.27. The van der Waals surface area contributed by atoms with Crippen LogP contribution in [0.4, 0.5) is 0 Å². The number of amides is 1. The molecule has 0 atom stereocenters. The van der Waals surface area contributed by atoms with Gasteiger partial charge in [0.05, 0.1) is 17.0 Å². The molecular weight excluding hydrogens is 280 g/mol. The number of nitrogens with two attached hydrogens (primary N) is 1. The number of carbonyl (C=O) groups is 1. The summed E-state index contributed by atoms with van der Waals surface area (Å²) in [7, 11) is 1.83. The molecule has 2 rings (SSSR count). The van der Waals surface area contributed by atoms with Crippen molar-refractivity contribution in [2.45, 2.75) is 6.42 Å². The lowest BCUT2D eigenvalue weighted by molar-refractivity contribution is 0.0797. The maximum Gasteiger partial charge on any atom is 0.254 e. The molecule has 0 radical (unpaired) electrons. The van der Waals surface area contributed by atoms with E-state index in [2.05, 4.69) is 24.0 Å². The number of hydrogen-bond acceptors (Lipinski definition) is 3. The minimum Gasteiger partial charge on any atom is -0.341 e. The van der Waals surface area contributed by atoms with E-state index < -0.39 is 0 Å². The molecular formula is C17H18N2OS. The number of rotatable bonds is 4. The molecule has 0 unspecified atom stereocenters. The number of likely N-dealkylation sites (N-methyl/N-ethyl adjacent to an activating group) is 1. The monoisotopic (exact) mass is 298 g/mol. The molecule has 3 nitrogen and oxygen atoms in total. The number of benzene rings is 1. The zero-order valence-electron chi connectivity index (χ0n) is 12.0. The first-order valence-electron chi connectivity index (χ1n) is 6.77. The van der Waals surface area contributed by atoms with Crippen LogP contribution in [0.5, 0.6) is 0 Å². The van der Waals surface area contributed by atoms with Crippen LogP contribution in [0, 0.1) is 11.8 Å². The summed E-state index contributed by atoms with van der Waals surface area (Å²) < 4.78 is 0. The molecule has 0 fully saturated rings. The molecule has 2 N–H and O–H groups in total. The topological polar surface area (TPSA) is 46.3 Å². The van der Waals surface area contributed by atoms with Gasteiger partial charge in [-0.2, -0.15) is 0 Å². The van der Waals surface area contributed by atoms with Crippen LogP contribution in [0.3, 0.4) is 0 Å². The van der Waals surface area contributed by atoms with Gasteiger partial charge in [-0.3, -0.25) is 4.79 Å². The minimum atomic E-state index is 0.0305. The van der Waals surface area contributed by atoms with Crippen LogP contribution in [0.1, 0.15) is 20.8 Å². The fourth-order valence-electron chi connectivity index (χ4n) is 1.92. The lowest BCUT2D eigenvalue weighted by Crippen LogP contribution is -2.28. The maximum atomic E-state index is 12.3. The highest BCUT2D eigenvalue weighted by molar-refractivity contribution is 7.10. The fourth-order valence-corrected chi connectivity index (χ4v) is 2.66. The van der Waals surface area contributed by atoms with Crippen molar-refractivity contribution in [3.05, 3.63) is 57.8 Å². The minimum absolute atomic E-state index is 0.0305. The van der Waals surface area contributed by atoms with Crippen molar-refractivity contribution < 1.29 is 4.79 Å². The normalized spacial score (nSPS) is 9.81. The van der Waals surface area contributed by atoms with Gasteiger partial charge in [0, 0.05) is 19.0 Å². The second kappa shape index (κ2) is 7.63. The quantitative estimate of drug-likeness (QED) is 0.881. The summed E-state index contributed by atoms with van der Waals surface area (Å²) >= 11 is 1.47. The Bertz CT molecular complexity index is 652. The van der Waals surface area contributed by atoms with Crippen molar-refractivity contribution in [3.8, 4) is 11.8 Å². The SMILES string of the molecule is CN(CCc1ccccc1)C(=O)c1csc(C#CCN)c1. The molecule has 0 spiro atoms. The van der Waals surface area contributed by atoms with Crippen molar-refractivity contribution >= 4 is 17.2 Å². The van der Waals surface area contributed by atoms with Gasteiger partial charge in [-0.25, -0.2) is 0 Å². The highest BCUT2D eigenvalue weighted by Gasteiger charge is 2.13. The largest absolute Gasteiger partial charge is 0.341 e. The molecule has 2 aromatic rings. The van der Waals surface area contributed by atoms with Crippen molar-refractivity contribution in [3.63, 3.8) is 0 Å². The molecule has 108 valence electrons. The highest BCUT2D eigenvalue weighted by atomic mass is 32.1. The van der Waals surface area contributed by atoms with E-state index in [0.29, 0.717) is 18.7 Å². The molecule has 1 heterocycles. The molecule has 0 aliphatic heterocycles. The third kappa shape index (κ3) is 4.45. The number of thiophene rings is 1. The Balaban J connectivity index is 1.94. The summed E-state index contributed by atoms with van der Waals surface area (Å²) in [4.78, 5) is 14.9. The van der Waals surface area contributed by atoms with E-state index in [9.17, 15) is 4.79 Å².